The Balaban J connectivity index is 3.08. The van der Waals surface area contributed by atoms with Crippen LogP contribution in [-0.4, -0.2) is 5.78 Å². The summed E-state index contributed by atoms with van der Waals surface area (Å²) in [7, 11) is 0. The Morgan fingerprint density at radius 2 is 1.92 bits per heavy atom. The number of carbonyl (C=O) groups is 1. The topological polar surface area (TPSA) is 43.1 Å². The quantitative estimate of drug-likeness (QED) is 0.702. The molecular formula is C11H15NO. The molecule has 0 aromatic heterocycles. The van der Waals surface area contributed by atoms with Crippen molar-refractivity contribution in [3.05, 3.63) is 28.8 Å². The van der Waals surface area contributed by atoms with Crippen molar-refractivity contribution in [2.24, 2.45) is 0 Å². The maximum absolute atomic E-state index is 10.9. The number of carbonyl (C=O) groups excluding carboxylic acids is 1. The third-order valence-corrected chi connectivity index (χ3v) is 2.16. The Morgan fingerprint density at radius 1 is 1.31 bits per heavy atom. The first-order chi connectivity index (χ1) is 6.00. The largest absolute Gasteiger partial charge is 0.399 e. The summed E-state index contributed by atoms with van der Waals surface area (Å²) in [6, 6.07) is 3.92. The second-order valence-corrected chi connectivity index (χ2v) is 3.51. The van der Waals surface area contributed by atoms with Crippen LogP contribution >= 0.6 is 0 Å². The number of nitrogen functional groups attached to an aromatic ring is 1. The molecule has 0 spiro atoms. The lowest BCUT2D eigenvalue weighted by Crippen LogP contribution is -2.01. The number of aryl methyl sites for hydroxylation is 2. The molecule has 0 bridgehead atoms. The van der Waals surface area contributed by atoms with Crippen LogP contribution in [0.4, 0.5) is 5.69 Å². The Hall–Kier alpha value is -1.31. The molecule has 0 fully saturated rings. The van der Waals surface area contributed by atoms with Gasteiger partial charge in [-0.15, -0.1) is 0 Å². The fraction of sp³-hybridized carbons (Fsp3) is 0.364. The number of rotatable bonds is 2. The Kier molecular flexibility index (Phi) is 2.71. The highest BCUT2D eigenvalue weighted by atomic mass is 16.1. The SMILES string of the molecule is CC(=O)Cc1cc(C)c(N)cc1C. The molecule has 0 aliphatic rings. The molecule has 70 valence electrons. The predicted octanol–water partition coefficient (Wildman–Crippen LogP) is 2.02. The number of hydrogen-bond donors (Lipinski definition) is 1. The third-order valence-electron chi connectivity index (χ3n) is 2.16. The summed E-state index contributed by atoms with van der Waals surface area (Å²) in [5.41, 5.74) is 9.75. The molecule has 1 aromatic carbocycles. The fourth-order valence-electron chi connectivity index (χ4n) is 1.36. The fourth-order valence-corrected chi connectivity index (χ4v) is 1.36. The standard InChI is InChI=1S/C11H15NO/c1-7-5-11(12)8(2)4-10(7)6-9(3)13/h4-5H,6,12H2,1-3H3. The minimum atomic E-state index is 0.187. The van der Waals surface area contributed by atoms with Gasteiger partial charge in [0.1, 0.15) is 5.78 Å². The average Bonchev–Trinajstić information content (AvgIpc) is 1.99. The summed E-state index contributed by atoms with van der Waals surface area (Å²) in [5, 5.41) is 0. The van der Waals surface area contributed by atoms with Crippen LogP contribution in [0.1, 0.15) is 23.6 Å². The van der Waals surface area contributed by atoms with Crippen LogP contribution in [0.2, 0.25) is 0 Å². The molecule has 0 saturated heterocycles. The molecule has 0 radical (unpaired) electrons. The van der Waals surface area contributed by atoms with Gasteiger partial charge in [0.2, 0.25) is 0 Å². The van der Waals surface area contributed by atoms with Crippen molar-refractivity contribution >= 4 is 11.5 Å². The zero-order valence-corrected chi connectivity index (χ0v) is 8.35. The van der Waals surface area contributed by atoms with E-state index in [0.717, 1.165) is 22.4 Å². The van der Waals surface area contributed by atoms with Gasteiger partial charge in [-0.2, -0.15) is 0 Å². The van der Waals surface area contributed by atoms with Gasteiger partial charge in [0.15, 0.2) is 0 Å². The first-order valence-corrected chi connectivity index (χ1v) is 4.35. The highest BCUT2D eigenvalue weighted by Crippen LogP contribution is 2.18. The summed E-state index contributed by atoms with van der Waals surface area (Å²) in [5.74, 6) is 0.187. The summed E-state index contributed by atoms with van der Waals surface area (Å²) in [4.78, 5) is 10.9. The minimum absolute atomic E-state index is 0.187. The molecule has 0 unspecified atom stereocenters. The number of hydrogen-bond acceptors (Lipinski definition) is 2. The van der Waals surface area contributed by atoms with E-state index in [0.29, 0.717) is 6.42 Å². The average molecular weight is 177 g/mol. The van der Waals surface area contributed by atoms with E-state index in [-0.39, 0.29) is 5.78 Å². The molecule has 13 heavy (non-hydrogen) atoms. The Morgan fingerprint density at radius 3 is 2.46 bits per heavy atom. The van der Waals surface area contributed by atoms with Crippen LogP contribution in [0, 0.1) is 13.8 Å². The van der Waals surface area contributed by atoms with Crippen LogP contribution in [0.15, 0.2) is 12.1 Å². The molecule has 0 aliphatic heterocycles. The molecule has 2 N–H and O–H groups in total. The van der Waals surface area contributed by atoms with Crippen LogP contribution in [0.5, 0.6) is 0 Å². The lowest BCUT2D eigenvalue weighted by Gasteiger charge is -2.07. The van der Waals surface area contributed by atoms with Crippen molar-refractivity contribution in [1.29, 1.82) is 0 Å². The molecular weight excluding hydrogens is 162 g/mol. The highest BCUT2D eigenvalue weighted by molar-refractivity contribution is 5.78. The molecule has 0 saturated carbocycles. The van der Waals surface area contributed by atoms with Crippen LogP contribution in [-0.2, 0) is 11.2 Å². The zero-order valence-electron chi connectivity index (χ0n) is 8.35. The highest BCUT2D eigenvalue weighted by Gasteiger charge is 2.04. The van der Waals surface area contributed by atoms with E-state index in [9.17, 15) is 4.79 Å². The van der Waals surface area contributed by atoms with Crippen LogP contribution in [0.3, 0.4) is 0 Å². The summed E-state index contributed by atoms with van der Waals surface area (Å²) >= 11 is 0. The lowest BCUT2D eigenvalue weighted by atomic mass is 10.00. The molecule has 0 atom stereocenters. The van der Waals surface area contributed by atoms with E-state index in [2.05, 4.69) is 0 Å². The zero-order chi connectivity index (χ0) is 10.0. The van der Waals surface area contributed by atoms with Gasteiger partial charge in [0.05, 0.1) is 0 Å². The lowest BCUT2D eigenvalue weighted by molar-refractivity contribution is -0.116. The van der Waals surface area contributed by atoms with Gasteiger partial charge in [0.25, 0.3) is 0 Å². The molecule has 1 aromatic rings. The molecule has 0 aliphatic carbocycles. The first kappa shape index (κ1) is 9.78. The van der Waals surface area contributed by atoms with Gasteiger partial charge < -0.3 is 5.73 Å². The van der Waals surface area contributed by atoms with Gasteiger partial charge in [-0.3, -0.25) is 4.79 Å². The molecule has 1 rings (SSSR count). The van der Waals surface area contributed by atoms with Crippen molar-refractivity contribution in [3.8, 4) is 0 Å². The van der Waals surface area contributed by atoms with E-state index >= 15 is 0 Å². The second-order valence-electron chi connectivity index (χ2n) is 3.51. The smallest absolute Gasteiger partial charge is 0.134 e. The van der Waals surface area contributed by atoms with E-state index in [1.165, 1.54) is 0 Å². The summed E-state index contributed by atoms with van der Waals surface area (Å²) in [6.45, 7) is 5.54. The van der Waals surface area contributed by atoms with Crippen molar-refractivity contribution in [3.63, 3.8) is 0 Å². The summed E-state index contributed by atoms with van der Waals surface area (Å²) < 4.78 is 0. The van der Waals surface area contributed by atoms with Crippen LogP contribution < -0.4 is 5.73 Å². The van der Waals surface area contributed by atoms with Crippen molar-refractivity contribution in [2.45, 2.75) is 27.2 Å². The van der Waals surface area contributed by atoms with Crippen molar-refractivity contribution in [2.75, 3.05) is 5.73 Å². The molecule has 2 nitrogen and oxygen atoms in total. The molecule has 2 heteroatoms. The second kappa shape index (κ2) is 3.60. The van der Waals surface area contributed by atoms with Gasteiger partial charge in [-0.05, 0) is 43.5 Å². The summed E-state index contributed by atoms with van der Waals surface area (Å²) in [6.07, 6.45) is 0.507. The number of ketones is 1. The maximum Gasteiger partial charge on any atom is 0.134 e. The molecule has 0 heterocycles. The van der Waals surface area contributed by atoms with E-state index in [4.69, 9.17) is 5.73 Å². The third kappa shape index (κ3) is 2.31. The Labute approximate surface area is 78.8 Å². The number of Topliss-reactive ketones (excluding diaryl/α,β-unsaturated/α-hetero) is 1. The van der Waals surface area contributed by atoms with Crippen molar-refractivity contribution < 1.29 is 4.79 Å². The normalized spacial score (nSPS) is 10.1. The van der Waals surface area contributed by atoms with Gasteiger partial charge in [0, 0.05) is 12.1 Å². The van der Waals surface area contributed by atoms with Gasteiger partial charge in [-0.1, -0.05) is 6.07 Å². The molecule has 0 amide bonds. The van der Waals surface area contributed by atoms with Crippen molar-refractivity contribution in [1.82, 2.24) is 0 Å². The Bertz CT molecular complexity index is 342. The van der Waals surface area contributed by atoms with E-state index in [1.807, 2.05) is 26.0 Å². The number of anilines is 1. The maximum atomic E-state index is 10.9. The van der Waals surface area contributed by atoms with E-state index in [1.54, 1.807) is 6.92 Å². The number of nitrogens with two attached hydrogens (primary N) is 1. The first-order valence-electron chi connectivity index (χ1n) is 4.35. The number of benzene rings is 1. The van der Waals surface area contributed by atoms with Crippen LogP contribution in [0.25, 0.3) is 0 Å². The monoisotopic (exact) mass is 177 g/mol. The predicted molar refractivity (Wildman–Crippen MR) is 54.7 cm³/mol. The minimum Gasteiger partial charge on any atom is -0.399 e. The van der Waals surface area contributed by atoms with Gasteiger partial charge in [-0.25, -0.2) is 0 Å². The van der Waals surface area contributed by atoms with Gasteiger partial charge >= 0.3 is 0 Å². The van der Waals surface area contributed by atoms with E-state index < -0.39 is 0 Å².